The van der Waals surface area contributed by atoms with E-state index >= 15 is 0 Å². The van der Waals surface area contributed by atoms with E-state index in [1.165, 1.54) is 56.5 Å². The third-order valence-corrected chi connectivity index (χ3v) is 16.1. The number of ether oxygens (including phenoxy) is 5. The number of fused-ring (bicyclic) bond motifs is 4. The smallest absolute Gasteiger partial charge is 0.288 e. The Kier molecular flexibility index (Phi) is 18.2. The number of hydrogen-bond donors (Lipinski definition) is 5. The van der Waals surface area contributed by atoms with Gasteiger partial charge in [0.1, 0.15) is 17.8 Å². The van der Waals surface area contributed by atoms with Gasteiger partial charge < -0.3 is 54.8 Å². The number of rotatable bonds is 24. The van der Waals surface area contributed by atoms with Gasteiger partial charge in [0.15, 0.2) is 28.4 Å². The predicted molar refractivity (Wildman–Crippen MR) is 311 cm³/mol. The zero-order valence-corrected chi connectivity index (χ0v) is 48.0. The molecule has 4 aromatic rings. The molecule has 5 atom stereocenters. The van der Waals surface area contributed by atoms with E-state index in [0.717, 1.165) is 21.8 Å². The number of anilines is 2. The number of hydrogen-bond acceptors (Lipinski definition) is 16. The van der Waals surface area contributed by atoms with Crippen LogP contribution in [-0.2, 0) is 34.1 Å². The van der Waals surface area contributed by atoms with Crippen LogP contribution in [0.4, 0.5) is 17.1 Å². The van der Waals surface area contributed by atoms with Crippen LogP contribution in [0.1, 0.15) is 97.6 Å². The van der Waals surface area contributed by atoms with Crippen LogP contribution in [0.3, 0.4) is 0 Å². The molecule has 5 heterocycles. The lowest BCUT2D eigenvalue weighted by Crippen LogP contribution is -2.53. The molecule has 4 aromatic carbocycles. The van der Waals surface area contributed by atoms with E-state index in [-0.39, 0.29) is 90.9 Å². The number of unbranched alkanes of at least 4 members (excludes halogenated alkanes) is 2. The van der Waals surface area contributed by atoms with E-state index in [1.807, 2.05) is 30.5 Å². The Bertz CT molecular complexity index is 3470. The van der Waals surface area contributed by atoms with E-state index in [1.54, 1.807) is 68.5 Å². The molecule has 5 aliphatic rings. The summed E-state index contributed by atoms with van der Waals surface area (Å²) in [5.41, 5.74) is 4.44. The number of aliphatic imine (C=N–C) groups is 1. The zero-order chi connectivity index (χ0) is 60.0. The molecule has 0 aliphatic carbocycles. The summed E-state index contributed by atoms with van der Waals surface area (Å²) < 4.78 is 65.6. The topological polar surface area (TPSA) is 290 Å². The molecule has 0 spiro atoms. The van der Waals surface area contributed by atoms with Crippen LogP contribution < -0.4 is 45.0 Å². The average Bonchev–Trinajstić information content (AvgIpc) is 2.44. The summed E-state index contributed by atoms with van der Waals surface area (Å²) in [4.78, 5) is 99.9. The van der Waals surface area contributed by atoms with Gasteiger partial charge in [0, 0.05) is 74.4 Å². The lowest BCUT2D eigenvalue weighted by molar-refractivity contribution is -0.137. The molecule has 5 aliphatic heterocycles. The van der Waals surface area contributed by atoms with Gasteiger partial charge in [0.2, 0.25) is 17.7 Å². The number of benzene rings is 4. The lowest BCUT2D eigenvalue weighted by Gasteiger charge is -2.26. The van der Waals surface area contributed by atoms with Gasteiger partial charge in [-0.25, -0.2) is 0 Å². The van der Waals surface area contributed by atoms with Crippen molar-refractivity contribution < 1.29 is 70.2 Å². The third-order valence-electron chi connectivity index (χ3n) is 15.0. The molecule has 0 bridgehead atoms. The Hall–Kier alpha value is -9.03. The molecule has 9 rings (SSSR count). The molecular formula is C60H66N8O15S. The van der Waals surface area contributed by atoms with Crippen molar-refractivity contribution in [2.75, 3.05) is 51.7 Å². The van der Waals surface area contributed by atoms with Gasteiger partial charge in [-0.2, -0.15) is 8.42 Å². The van der Waals surface area contributed by atoms with E-state index in [2.05, 4.69) is 26.3 Å². The highest BCUT2D eigenvalue weighted by molar-refractivity contribution is 7.86. The van der Waals surface area contributed by atoms with Crippen LogP contribution in [0.15, 0.2) is 102 Å². The summed E-state index contributed by atoms with van der Waals surface area (Å²) in [6, 6.07) is 17.1. The van der Waals surface area contributed by atoms with Crippen LogP contribution in [0, 0.1) is 5.92 Å². The third kappa shape index (κ3) is 13.2. The normalized spacial score (nSPS) is 18.5. The van der Waals surface area contributed by atoms with Crippen molar-refractivity contribution in [3.8, 4) is 28.7 Å². The van der Waals surface area contributed by atoms with E-state index in [4.69, 9.17) is 23.7 Å². The second-order valence-electron chi connectivity index (χ2n) is 21.0. The molecule has 23 nitrogen and oxygen atoms in total. The van der Waals surface area contributed by atoms with Gasteiger partial charge in [0.25, 0.3) is 33.7 Å². The minimum Gasteiger partial charge on any atom is -0.497 e. The molecule has 5 N–H and O–H groups in total. The van der Waals surface area contributed by atoms with Gasteiger partial charge in [-0.15, -0.1) is 0 Å². The standard InChI is InChI=1S/C60H66N8O15S/c1-34(2)55(65-52(69)11-8-7-9-22-66-53(70)20-21-54(66)71)57(73)62-35(3)56(72)63-40-16-12-36(13-17-40)39-26-47-58(84(76,77)78)64-46-30-51(49(81-6)28-44(46)60(75)68(47)33-39)83-24-10-23-82-50-29-45-43(27-48(50)80-5)59(74)67-32-38(25-41(67)31-61-45)37-14-18-42(79-4)19-15-37/h12-21,27-35,41,47,55,58,64H,7-11,22-26H2,1-6H3,(H,62,73)(H,63,72)(H,65,69)(H,76,77,78). The molecule has 0 fully saturated rings. The molecule has 84 heavy (non-hydrogen) atoms. The van der Waals surface area contributed by atoms with Gasteiger partial charge in [0.05, 0.1) is 69.1 Å². The summed E-state index contributed by atoms with van der Waals surface area (Å²) in [7, 11) is -0.363. The van der Waals surface area contributed by atoms with Crippen molar-refractivity contribution in [3.63, 3.8) is 0 Å². The number of carbonyl (C=O) groups is 7. The Morgan fingerprint density at radius 2 is 1.31 bits per heavy atom. The highest BCUT2D eigenvalue weighted by atomic mass is 32.2. The van der Waals surface area contributed by atoms with Crippen molar-refractivity contribution in [1.82, 2.24) is 25.3 Å². The fourth-order valence-electron chi connectivity index (χ4n) is 10.4. The van der Waals surface area contributed by atoms with Crippen molar-refractivity contribution in [2.24, 2.45) is 10.9 Å². The number of carbonyl (C=O) groups excluding carboxylic acids is 7. The molecule has 0 saturated heterocycles. The molecule has 0 saturated carbocycles. The largest absolute Gasteiger partial charge is 0.497 e. The first-order chi connectivity index (χ1) is 40.2. The summed E-state index contributed by atoms with van der Waals surface area (Å²) in [5, 5.41) is 9.40. The zero-order valence-electron chi connectivity index (χ0n) is 47.2. The number of nitrogens with one attached hydrogen (secondary N) is 4. The SMILES string of the molecule is COc1ccc(C2=CN3C(=O)c4cc(OC)c(OCCCOc5cc6c(cc5OC)C(=O)N5C=C(c7ccc(NC(=O)C(C)NC(=O)C(NC(=O)CCCCCN8C(=O)C=CC8=O)C(C)C)cc7)CC5C(S(=O)(=O)O)N6)cc4N=CC3C2)cc1. The van der Waals surface area contributed by atoms with Crippen molar-refractivity contribution in [3.05, 3.63) is 120 Å². The molecule has 5 unspecified atom stereocenters. The number of amides is 7. The predicted octanol–water partition coefficient (Wildman–Crippen LogP) is 6.50. The van der Waals surface area contributed by atoms with Crippen LogP contribution in [0.25, 0.3) is 11.1 Å². The van der Waals surface area contributed by atoms with E-state index < -0.39 is 51.3 Å². The van der Waals surface area contributed by atoms with Gasteiger partial charge in [-0.3, -0.25) is 48.0 Å². The minimum absolute atomic E-state index is 0.0150. The molecule has 7 amide bonds. The molecule has 0 radical (unpaired) electrons. The Morgan fingerprint density at radius 3 is 1.94 bits per heavy atom. The summed E-state index contributed by atoms with van der Waals surface area (Å²) >= 11 is 0. The second-order valence-corrected chi connectivity index (χ2v) is 22.6. The fraction of sp³-hybridized carbons (Fsp3) is 0.367. The second kappa shape index (κ2) is 25.6. The quantitative estimate of drug-likeness (QED) is 0.0284. The van der Waals surface area contributed by atoms with Gasteiger partial charge >= 0.3 is 0 Å². The monoisotopic (exact) mass is 1170 g/mol. The Morgan fingerprint density at radius 1 is 0.702 bits per heavy atom. The first-order valence-electron chi connectivity index (χ1n) is 27.5. The lowest BCUT2D eigenvalue weighted by atomic mass is 10.0. The highest BCUT2D eigenvalue weighted by Crippen LogP contribution is 2.43. The summed E-state index contributed by atoms with van der Waals surface area (Å²) in [6.07, 6.45) is 10.2. The number of methoxy groups -OCH3 is 3. The Balaban J connectivity index is 0.782. The van der Waals surface area contributed by atoms with Gasteiger partial charge in [-0.05, 0) is 90.8 Å². The van der Waals surface area contributed by atoms with Crippen molar-refractivity contribution >= 4 is 85.9 Å². The van der Waals surface area contributed by atoms with Crippen LogP contribution in [0.5, 0.6) is 28.7 Å². The van der Waals surface area contributed by atoms with Crippen LogP contribution in [0.2, 0.25) is 0 Å². The van der Waals surface area contributed by atoms with Crippen molar-refractivity contribution in [1.29, 1.82) is 0 Å². The first kappa shape index (κ1) is 59.6. The minimum atomic E-state index is -4.85. The maximum absolute atomic E-state index is 14.3. The maximum Gasteiger partial charge on any atom is 0.288 e. The van der Waals surface area contributed by atoms with Crippen LogP contribution >= 0.6 is 0 Å². The molecule has 442 valence electrons. The Labute approximate surface area is 485 Å². The van der Waals surface area contributed by atoms with Crippen molar-refractivity contribution in [2.45, 2.75) is 95.3 Å². The first-order valence-corrected chi connectivity index (χ1v) is 29.0. The summed E-state index contributed by atoms with van der Waals surface area (Å²) in [5.74, 6) is -1.47. The average molecular weight is 1170 g/mol. The number of nitrogens with zero attached hydrogens (tertiary/aromatic N) is 4. The molecule has 24 heteroatoms. The number of imide groups is 1. The van der Waals surface area contributed by atoms with E-state index in [0.29, 0.717) is 71.7 Å². The van der Waals surface area contributed by atoms with Crippen LogP contribution in [-0.4, -0.2) is 146 Å². The molecule has 0 aromatic heterocycles. The van der Waals surface area contributed by atoms with E-state index in [9.17, 15) is 46.5 Å². The fourth-order valence-corrected chi connectivity index (χ4v) is 11.3. The highest BCUT2D eigenvalue weighted by Gasteiger charge is 2.46. The molecular weight excluding hydrogens is 1100 g/mol. The summed E-state index contributed by atoms with van der Waals surface area (Å²) in [6.45, 7) is 5.53. The maximum atomic E-state index is 14.3. The van der Waals surface area contributed by atoms with Gasteiger partial charge in [-0.1, -0.05) is 44.5 Å².